The molecule has 6 heteroatoms. The summed E-state index contributed by atoms with van der Waals surface area (Å²) >= 11 is 0. The van der Waals surface area contributed by atoms with Crippen LogP contribution in [0.2, 0.25) is 0 Å². The van der Waals surface area contributed by atoms with Gasteiger partial charge in [-0.05, 0) is 44.0 Å². The highest BCUT2D eigenvalue weighted by atomic mass is 16.3. The fourth-order valence-electron chi connectivity index (χ4n) is 2.89. The lowest BCUT2D eigenvalue weighted by Gasteiger charge is -2.08. The first kappa shape index (κ1) is 16.3. The maximum atomic E-state index is 11.9. The molecule has 1 N–H and O–H groups in total. The Hall–Kier alpha value is -2.60. The van der Waals surface area contributed by atoms with Crippen LogP contribution in [0.15, 0.2) is 24.5 Å². The van der Waals surface area contributed by atoms with Crippen LogP contribution in [0.25, 0.3) is 22.0 Å². The van der Waals surface area contributed by atoms with Crippen molar-refractivity contribution in [2.45, 2.75) is 40.3 Å². The summed E-state index contributed by atoms with van der Waals surface area (Å²) in [7, 11) is 0. The van der Waals surface area contributed by atoms with Crippen molar-refractivity contribution in [2.24, 2.45) is 0 Å². The van der Waals surface area contributed by atoms with E-state index < -0.39 is 6.10 Å². The Morgan fingerprint density at radius 3 is 2.46 bits per heavy atom. The molecule has 6 nitrogen and oxygen atoms in total. The Morgan fingerprint density at radius 2 is 1.92 bits per heavy atom. The molecular weight excluding hydrogens is 304 g/mol. The number of Topliss-reactive ketones (excluding diaryl/α,β-unsaturated/α-hetero) is 1. The van der Waals surface area contributed by atoms with E-state index in [1.807, 2.05) is 30.7 Å². The van der Waals surface area contributed by atoms with Crippen LogP contribution in [-0.4, -0.2) is 30.6 Å². The van der Waals surface area contributed by atoms with E-state index in [0.29, 0.717) is 18.1 Å². The van der Waals surface area contributed by atoms with E-state index in [0.717, 1.165) is 27.6 Å². The van der Waals surface area contributed by atoms with Crippen LogP contribution < -0.4 is 0 Å². The molecule has 3 rings (SSSR count). The van der Waals surface area contributed by atoms with Crippen molar-refractivity contribution in [2.75, 3.05) is 0 Å². The number of benzene rings is 1. The molecule has 24 heavy (non-hydrogen) atoms. The molecule has 0 aliphatic rings. The van der Waals surface area contributed by atoms with Crippen molar-refractivity contribution >= 4 is 16.7 Å². The number of rotatable bonds is 4. The third-order valence-electron chi connectivity index (χ3n) is 4.05. The van der Waals surface area contributed by atoms with Gasteiger partial charge < -0.3 is 5.11 Å². The summed E-state index contributed by atoms with van der Waals surface area (Å²) in [5, 5.41) is 14.8. The molecule has 1 atom stereocenters. The van der Waals surface area contributed by atoms with E-state index in [9.17, 15) is 9.90 Å². The Bertz CT molecular complexity index is 911. The number of nitrogens with zero attached hydrogens (tertiary/aromatic N) is 4. The highest BCUT2D eigenvalue weighted by molar-refractivity contribution is 6.06. The minimum Gasteiger partial charge on any atom is -0.385 e. The number of hydrogen-bond acceptors (Lipinski definition) is 5. The first-order valence-electron chi connectivity index (χ1n) is 7.94. The van der Waals surface area contributed by atoms with E-state index in [4.69, 9.17) is 0 Å². The van der Waals surface area contributed by atoms with Crippen molar-refractivity contribution in [1.29, 1.82) is 0 Å². The summed E-state index contributed by atoms with van der Waals surface area (Å²) in [6.45, 7) is 7.88. The van der Waals surface area contributed by atoms with Gasteiger partial charge in [-0.3, -0.25) is 9.48 Å². The van der Waals surface area contributed by atoms with Crippen LogP contribution in [0.5, 0.6) is 0 Å². The summed E-state index contributed by atoms with van der Waals surface area (Å²) in [5.74, 6) is 0.337. The zero-order valence-corrected chi connectivity index (χ0v) is 14.2. The highest BCUT2D eigenvalue weighted by Crippen LogP contribution is 2.29. The predicted octanol–water partition coefficient (Wildman–Crippen LogP) is 3.08. The first-order valence-corrected chi connectivity index (χ1v) is 7.94. The molecule has 0 saturated heterocycles. The fourth-order valence-corrected chi connectivity index (χ4v) is 2.89. The van der Waals surface area contributed by atoms with Crippen molar-refractivity contribution in [3.8, 4) is 11.1 Å². The molecule has 1 unspecified atom stereocenters. The van der Waals surface area contributed by atoms with Gasteiger partial charge in [0.2, 0.25) is 0 Å². The molecule has 0 bridgehead atoms. The van der Waals surface area contributed by atoms with Crippen molar-refractivity contribution in [3.63, 3.8) is 0 Å². The summed E-state index contributed by atoms with van der Waals surface area (Å²) in [6.07, 6.45) is 2.68. The summed E-state index contributed by atoms with van der Waals surface area (Å²) < 4.78 is 1.86. The van der Waals surface area contributed by atoms with E-state index in [1.165, 1.54) is 6.92 Å². The van der Waals surface area contributed by atoms with E-state index in [1.54, 1.807) is 19.3 Å². The number of hydrogen-bond donors (Lipinski definition) is 1. The largest absolute Gasteiger partial charge is 0.385 e. The number of carbonyl (C=O) groups excluding carboxylic acids is 1. The van der Waals surface area contributed by atoms with Gasteiger partial charge in [-0.1, -0.05) is 0 Å². The molecule has 124 valence electrons. The molecule has 2 heterocycles. The Morgan fingerprint density at radius 1 is 1.25 bits per heavy atom. The van der Waals surface area contributed by atoms with Gasteiger partial charge in [0.05, 0.1) is 5.52 Å². The number of carbonyl (C=O) groups is 1. The van der Waals surface area contributed by atoms with E-state index >= 15 is 0 Å². The molecule has 0 saturated carbocycles. The normalized spacial score (nSPS) is 12.5. The number of aromatic nitrogens is 4. The fraction of sp³-hybridized carbons (Fsp3) is 0.333. The zero-order chi connectivity index (χ0) is 17.4. The van der Waals surface area contributed by atoms with Gasteiger partial charge in [0.1, 0.15) is 11.8 Å². The lowest BCUT2D eigenvalue weighted by molar-refractivity contribution is 0.101. The average molecular weight is 324 g/mol. The first-order chi connectivity index (χ1) is 11.4. The topological polar surface area (TPSA) is 80.9 Å². The van der Waals surface area contributed by atoms with Gasteiger partial charge in [0, 0.05) is 36.8 Å². The summed E-state index contributed by atoms with van der Waals surface area (Å²) in [6, 6.07) is 4.00. The van der Waals surface area contributed by atoms with Crippen molar-refractivity contribution in [1.82, 2.24) is 19.7 Å². The van der Waals surface area contributed by atoms with Crippen LogP contribution in [0.3, 0.4) is 0 Å². The molecule has 2 aromatic heterocycles. The molecule has 0 amide bonds. The number of fused-ring (bicyclic) bond motifs is 1. The number of aliphatic hydroxyl groups excluding tert-OH is 1. The number of ketones is 1. The third-order valence-corrected chi connectivity index (χ3v) is 4.05. The molecule has 0 spiro atoms. The van der Waals surface area contributed by atoms with Crippen molar-refractivity contribution in [3.05, 3.63) is 41.6 Å². The number of aryl methyl sites for hydroxylation is 2. The maximum Gasteiger partial charge on any atom is 0.180 e. The van der Waals surface area contributed by atoms with Crippen LogP contribution >= 0.6 is 0 Å². The molecule has 0 radical (unpaired) electrons. The second kappa shape index (κ2) is 6.13. The standard InChI is InChI=1S/C18H20N4O2/c1-5-22-17-10(2)6-13(7-15(17)16(21-22)11(3)23)14-8-19-18(12(4)24)20-9-14/h6-9,12,24H,5H2,1-4H3. The van der Waals surface area contributed by atoms with Gasteiger partial charge in [0.25, 0.3) is 0 Å². The average Bonchev–Trinajstić information content (AvgIpc) is 2.94. The third kappa shape index (κ3) is 2.69. The second-order valence-corrected chi connectivity index (χ2v) is 5.92. The monoisotopic (exact) mass is 324 g/mol. The Labute approximate surface area is 140 Å². The lowest BCUT2D eigenvalue weighted by atomic mass is 10.0. The molecular formula is C18H20N4O2. The van der Waals surface area contributed by atoms with Crippen LogP contribution in [0, 0.1) is 6.92 Å². The minimum atomic E-state index is -0.699. The molecule has 1 aromatic carbocycles. The maximum absolute atomic E-state index is 11.9. The highest BCUT2D eigenvalue weighted by Gasteiger charge is 2.17. The van der Waals surface area contributed by atoms with Crippen LogP contribution in [0.1, 0.15) is 48.8 Å². The molecule has 0 fully saturated rings. The molecule has 0 aliphatic heterocycles. The predicted molar refractivity (Wildman–Crippen MR) is 91.8 cm³/mol. The van der Waals surface area contributed by atoms with Gasteiger partial charge in [-0.25, -0.2) is 9.97 Å². The zero-order valence-electron chi connectivity index (χ0n) is 14.2. The number of aliphatic hydroxyl groups is 1. The van der Waals surface area contributed by atoms with Crippen molar-refractivity contribution < 1.29 is 9.90 Å². The smallest absolute Gasteiger partial charge is 0.180 e. The summed E-state index contributed by atoms with van der Waals surface area (Å²) in [4.78, 5) is 20.3. The van der Waals surface area contributed by atoms with Crippen LogP contribution in [0.4, 0.5) is 0 Å². The summed E-state index contributed by atoms with van der Waals surface area (Å²) in [5.41, 5.74) is 4.27. The molecule has 3 aromatic rings. The second-order valence-electron chi connectivity index (χ2n) is 5.92. The van der Waals surface area contributed by atoms with Crippen LogP contribution in [-0.2, 0) is 6.54 Å². The van der Waals surface area contributed by atoms with E-state index in [-0.39, 0.29) is 5.78 Å². The Balaban J connectivity index is 2.19. The van der Waals surface area contributed by atoms with Gasteiger partial charge >= 0.3 is 0 Å². The lowest BCUT2D eigenvalue weighted by Crippen LogP contribution is -2.00. The van der Waals surface area contributed by atoms with Gasteiger partial charge in [-0.15, -0.1) is 0 Å². The quantitative estimate of drug-likeness (QED) is 0.746. The minimum absolute atomic E-state index is 0.0514. The Kier molecular flexibility index (Phi) is 4.15. The SMILES string of the molecule is CCn1nc(C(C)=O)c2cc(-c3cnc(C(C)O)nc3)cc(C)c21. The van der Waals surface area contributed by atoms with E-state index in [2.05, 4.69) is 15.1 Å². The molecule has 0 aliphatic carbocycles. The van der Waals surface area contributed by atoms with Gasteiger partial charge in [0.15, 0.2) is 11.6 Å². The van der Waals surface area contributed by atoms with Gasteiger partial charge in [-0.2, -0.15) is 5.10 Å².